The SMILES string of the molecule is CC[C@H](C)C(NC(=O)OCc1ccc(Cl)cc1)C(=O)N[C@]1(C(=O)N[C@H](C(N)=O)C(C)C)CCc2[nH]c3c(Cl)cc(Cl)cc3c2C1. The van der Waals surface area contributed by atoms with Crippen LogP contribution >= 0.6 is 34.8 Å². The number of H-pyrrole nitrogens is 1. The largest absolute Gasteiger partial charge is 0.445 e. The summed E-state index contributed by atoms with van der Waals surface area (Å²) in [7, 11) is 0. The minimum absolute atomic E-state index is 0.0254. The van der Waals surface area contributed by atoms with Crippen LogP contribution in [-0.2, 0) is 38.6 Å². The Morgan fingerprint density at radius 3 is 2.31 bits per heavy atom. The Labute approximate surface area is 277 Å². The van der Waals surface area contributed by atoms with Crippen LogP contribution < -0.4 is 21.7 Å². The Morgan fingerprint density at radius 1 is 1.00 bits per heavy atom. The van der Waals surface area contributed by atoms with Crippen LogP contribution in [0.3, 0.4) is 0 Å². The Morgan fingerprint density at radius 2 is 1.69 bits per heavy atom. The van der Waals surface area contributed by atoms with Gasteiger partial charge in [0.25, 0.3) is 0 Å². The van der Waals surface area contributed by atoms with Crippen LogP contribution in [0.25, 0.3) is 10.9 Å². The van der Waals surface area contributed by atoms with Crippen LogP contribution in [0, 0.1) is 11.8 Å². The molecule has 6 N–H and O–H groups in total. The van der Waals surface area contributed by atoms with Crippen molar-refractivity contribution in [1.29, 1.82) is 0 Å². The van der Waals surface area contributed by atoms with E-state index in [4.69, 9.17) is 45.3 Å². The monoisotopic (exact) mass is 677 g/mol. The maximum Gasteiger partial charge on any atom is 0.408 e. The number of benzene rings is 2. The minimum atomic E-state index is -1.49. The normalized spacial score (nSPS) is 18.0. The lowest BCUT2D eigenvalue weighted by Crippen LogP contribution is -2.67. The number of carbonyl (C=O) groups excluding carboxylic acids is 4. The van der Waals surface area contributed by atoms with Gasteiger partial charge in [0.05, 0.1) is 10.5 Å². The number of hydrogen-bond donors (Lipinski definition) is 5. The highest BCUT2D eigenvalue weighted by molar-refractivity contribution is 6.38. The van der Waals surface area contributed by atoms with Gasteiger partial charge in [0, 0.05) is 27.5 Å². The van der Waals surface area contributed by atoms with Crippen molar-refractivity contribution in [2.75, 3.05) is 0 Å². The van der Waals surface area contributed by atoms with E-state index >= 15 is 0 Å². The van der Waals surface area contributed by atoms with Crippen LogP contribution in [0.2, 0.25) is 15.1 Å². The standard InChI is InChI=1S/C32H38Cl3N5O5/c1-5-17(4)26(39-31(44)45-15-18-6-8-19(33)9-7-18)29(42)40-32(30(43)38-25(16(2)3)28(36)41)11-10-24-22(14-32)21-12-20(34)13-23(35)27(21)37-24/h6-9,12-13,16-17,25-26,37H,5,10-11,14-15H2,1-4H3,(H2,36,41)(H,38,43)(H,39,44)(H,40,42)/t17-,25-,26?,32+/m0/s1. The molecule has 4 atom stereocenters. The molecule has 1 heterocycles. The number of alkyl carbamates (subject to hydrolysis) is 1. The van der Waals surface area contributed by atoms with Crippen LogP contribution in [0.5, 0.6) is 0 Å². The van der Waals surface area contributed by atoms with Gasteiger partial charge in [-0.05, 0) is 60.1 Å². The van der Waals surface area contributed by atoms with Gasteiger partial charge < -0.3 is 31.4 Å². The summed E-state index contributed by atoms with van der Waals surface area (Å²) in [5.41, 5.74) is 7.17. The average molecular weight is 679 g/mol. The molecule has 13 heteroatoms. The molecule has 242 valence electrons. The summed E-state index contributed by atoms with van der Waals surface area (Å²) in [6, 6.07) is 8.23. The molecule has 0 aliphatic heterocycles. The van der Waals surface area contributed by atoms with E-state index in [1.807, 2.05) is 13.8 Å². The molecule has 4 amide bonds. The zero-order valence-corrected chi connectivity index (χ0v) is 27.8. The third kappa shape index (κ3) is 7.85. The second-order valence-electron chi connectivity index (χ2n) is 11.9. The number of carbonyl (C=O) groups is 4. The molecular formula is C32H38Cl3N5O5. The molecule has 2 aromatic carbocycles. The van der Waals surface area contributed by atoms with Crippen LogP contribution in [-0.4, -0.2) is 46.4 Å². The summed E-state index contributed by atoms with van der Waals surface area (Å²) in [5, 5.41) is 10.6. The van der Waals surface area contributed by atoms with Crippen molar-refractivity contribution >= 4 is 69.5 Å². The number of hydrogen-bond acceptors (Lipinski definition) is 5. The van der Waals surface area contributed by atoms with Gasteiger partial charge in [0.2, 0.25) is 17.7 Å². The van der Waals surface area contributed by atoms with Gasteiger partial charge in [0.15, 0.2) is 0 Å². The van der Waals surface area contributed by atoms with Gasteiger partial charge in [-0.25, -0.2) is 4.79 Å². The number of fused-ring (bicyclic) bond motifs is 3. The molecule has 1 unspecified atom stereocenters. The summed E-state index contributed by atoms with van der Waals surface area (Å²) in [5.74, 6) is -2.43. The van der Waals surface area contributed by atoms with Crippen molar-refractivity contribution in [2.45, 2.75) is 77.6 Å². The molecule has 1 aromatic heterocycles. The third-order valence-electron chi connectivity index (χ3n) is 8.41. The van der Waals surface area contributed by atoms with Gasteiger partial charge in [-0.3, -0.25) is 14.4 Å². The predicted octanol–water partition coefficient (Wildman–Crippen LogP) is 5.44. The number of halogens is 3. The molecule has 1 aliphatic carbocycles. The zero-order chi connectivity index (χ0) is 33.1. The first kappa shape index (κ1) is 34.4. The van der Waals surface area contributed by atoms with Crippen molar-refractivity contribution in [3.8, 4) is 0 Å². The summed E-state index contributed by atoms with van der Waals surface area (Å²) < 4.78 is 5.38. The number of primary amides is 1. The molecule has 0 bridgehead atoms. The highest BCUT2D eigenvalue weighted by atomic mass is 35.5. The van der Waals surface area contributed by atoms with Crippen molar-refractivity contribution in [3.63, 3.8) is 0 Å². The van der Waals surface area contributed by atoms with E-state index < -0.39 is 41.4 Å². The van der Waals surface area contributed by atoms with Crippen molar-refractivity contribution in [2.24, 2.45) is 17.6 Å². The Balaban J connectivity index is 1.64. The summed E-state index contributed by atoms with van der Waals surface area (Å²) in [6.07, 6.45) is 0.431. The predicted molar refractivity (Wildman–Crippen MR) is 175 cm³/mol. The van der Waals surface area contributed by atoms with E-state index in [2.05, 4.69) is 20.9 Å². The Kier molecular flexibility index (Phi) is 10.9. The molecule has 0 saturated heterocycles. The number of aryl methyl sites for hydroxylation is 1. The molecule has 1 aliphatic rings. The first-order valence-electron chi connectivity index (χ1n) is 14.8. The van der Waals surface area contributed by atoms with Crippen molar-refractivity contribution < 1.29 is 23.9 Å². The molecule has 10 nitrogen and oxygen atoms in total. The highest BCUT2D eigenvalue weighted by Gasteiger charge is 2.46. The second kappa shape index (κ2) is 14.3. The van der Waals surface area contributed by atoms with E-state index in [1.165, 1.54) is 0 Å². The van der Waals surface area contributed by atoms with Gasteiger partial charge in [0.1, 0.15) is 24.2 Å². The summed E-state index contributed by atoms with van der Waals surface area (Å²) in [4.78, 5) is 56.6. The van der Waals surface area contributed by atoms with E-state index in [0.29, 0.717) is 33.4 Å². The topological polar surface area (TPSA) is 155 Å². The Bertz CT molecular complexity index is 1590. The summed E-state index contributed by atoms with van der Waals surface area (Å²) >= 11 is 18.7. The maximum atomic E-state index is 14.1. The summed E-state index contributed by atoms with van der Waals surface area (Å²) in [6.45, 7) is 7.22. The molecule has 4 rings (SSSR count). The molecule has 3 aromatic rings. The second-order valence-corrected chi connectivity index (χ2v) is 13.2. The van der Waals surface area contributed by atoms with Gasteiger partial charge in [-0.2, -0.15) is 0 Å². The molecule has 0 spiro atoms. The number of aromatic amines is 1. The van der Waals surface area contributed by atoms with Gasteiger partial charge in [-0.1, -0.05) is 81.1 Å². The van der Waals surface area contributed by atoms with E-state index in [1.54, 1.807) is 50.2 Å². The van der Waals surface area contributed by atoms with Crippen LogP contribution in [0.15, 0.2) is 36.4 Å². The molecule has 45 heavy (non-hydrogen) atoms. The first-order valence-corrected chi connectivity index (χ1v) is 16.0. The van der Waals surface area contributed by atoms with Crippen LogP contribution in [0.4, 0.5) is 4.79 Å². The number of nitrogens with two attached hydrogens (primary N) is 1. The maximum absolute atomic E-state index is 14.1. The molecule has 0 radical (unpaired) electrons. The number of amides is 4. The van der Waals surface area contributed by atoms with E-state index in [9.17, 15) is 19.2 Å². The fraction of sp³-hybridized carbons (Fsp3) is 0.438. The smallest absolute Gasteiger partial charge is 0.408 e. The molecule has 0 saturated carbocycles. The number of ether oxygens (including phenoxy) is 1. The van der Waals surface area contributed by atoms with Gasteiger partial charge in [-0.15, -0.1) is 0 Å². The van der Waals surface area contributed by atoms with Crippen LogP contribution in [0.1, 0.15) is 57.4 Å². The van der Waals surface area contributed by atoms with E-state index in [0.717, 1.165) is 22.2 Å². The lowest BCUT2D eigenvalue weighted by Gasteiger charge is -2.39. The molecular weight excluding hydrogens is 641 g/mol. The fourth-order valence-corrected chi connectivity index (χ4v) is 6.25. The minimum Gasteiger partial charge on any atom is -0.445 e. The number of aromatic nitrogens is 1. The van der Waals surface area contributed by atoms with Gasteiger partial charge >= 0.3 is 6.09 Å². The highest BCUT2D eigenvalue weighted by Crippen LogP contribution is 2.38. The Hall–Kier alpha value is -3.47. The van der Waals surface area contributed by atoms with Crippen molar-refractivity contribution in [1.82, 2.24) is 20.9 Å². The zero-order valence-electron chi connectivity index (χ0n) is 25.6. The third-order valence-corrected chi connectivity index (χ3v) is 9.18. The molecule has 0 fully saturated rings. The fourth-order valence-electron chi connectivity index (χ4n) is 5.59. The van der Waals surface area contributed by atoms with Crippen molar-refractivity contribution in [3.05, 3.63) is 68.3 Å². The number of rotatable bonds is 11. The lowest BCUT2D eigenvalue weighted by atomic mass is 9.78. The average Bonchev–Trinajstić information content (AvgIpc) is 3.35. The van der Waals surface area contributed by atoms with E-state index in [-0.39, 0.29) is 31.3 Å². The number of nitrogens with one attached hydrogen (secondary N) is 4. The first-order chi connectivity index (χ1) is 21.2. The quantitative estimate of drug-likeness (QED) is 0.183. The lowest BCUT2D eigenvalue weighted by molar-refractivity contribution is -0.137.